The number of hydrogen-bond acceptors (Lipinski definition) is 4. The number of carbonyl (C=O) groups is 1. The summed E-state index contributed by atoms with van der Waals surface area (Å²) in [4.78, 5) is 11.1. The van der Waals surface area contributed by atoms with Crippen LogP contribution < -0.4 is 5.32 Å². The number of hydrogen-bond donors (Lipinski definition) is 3. The smallest absolute Gasteiger partial charge is 0.222 e. The molecule has 0 saturated carbocycles. The zero-order valence-electron chi connectivity index (χ0n) is 8.53. The number of amides is 1. The maximum Gasteiger partial charge on any atom is 0.222 e. The van der Waals surface area contributed by atoms with Crippen molar-refractivity contribution in [2.24, 2.45) is 0 Å². The summed E-state index contributed by atoms with van der Waals surface area (Å²) in [6, 6.07) is -0.561. The second-order valence-corrected chi connectivity index (χ2v) is 2.99. The minimum Gasteiger partial charge on any atom is -0.394 e. The van der Waals surface area contributed by atoms with Crippen LogP contribution in [0.5, 0.6) is 0 Å². The van der Waals surface area contributed by atoms with Crippen molar-refractivity contribution in [2.75, 3.05) is 26.4 Å². The highest BCUT2D eigenvalue weighted by Crippen LogP contribution is 1.88. The van der Waals surface area contributed by atoms with E-state index in [-0.39, 0.29) is 25.5 Å². The molecule has 0 fully saturated rings. The van der Waals surface area contributed by atoms with Crippen LogP contribution in [0.4, 0.5) is 0 Å². The Morgan fingerprint density at radius 3 is 2.50 bits per heavy atom. The van der Waals surface area contributed by atoms with Crippen LogP contribution in [0.15, 0.2) is 0 Å². The Hall–Kier alpha value is -0.650. The molecule has 5 nitrogen and oxygen atoms in total. The molecule has 0 radical (unpaired) electrons. The SMILES string of the molecule is CCCOCCC(=O)NC(CO)CO. The molecule has 0 aliphatic rings. The molecule has 0 atom stereocenters. The molecular formula is C9H19NO4. The second kappa shape index (κ2) is 8.93. The fourth-order valence-corrected chi connectivity index (χ4v) is 0.860. The maximum absolute atomic E-state index is 11.1. The number of carbonyl (C=O) groups excluding carboxylic acids is 1. The van der Waals surface area contributed by atoms with Gasteiger partial charge in [-0.15, -0.1) is 0 Å². The molecule has 0 unspecified atom stereocenters. The number of aliphatic hydroxyl groups excluding tert-OH is 2. The summed E-state index contributed by atoms with van der Waals surface area (Å²) >= 11 is 0. The van der Waals surface area contributed by atoms with Crippen molar-refractivity contribution in [1.29, 1.82) is 0 Å². The normalized spacial score (nSPS) is 10.6. The molecule has 0 heterocycles. The van der Waals surface area contributed by atoms with Crippen LogP contribution in [0.25, 0.3) is 0 Å². The molecule has 84 valence electrons. The van der Waals surface area contributed by atoms with Gasteiger partial charge in [-0.2, -0.15) is 0 Å². The molecule has 14 heavy (non-hydrogen) atoms. The van der Waals surface area contributed by atoms with Crippen molar-refractivity contribution >= 4 is 5.91 Å². The van der Waals surface area contributed by atoms with Gasteiger partial charge in [-0.05, 0) is 6.42 Å². The highest BCUT2D eigenvalue weighted by atomic mass is 16.5. The van der Waals surface area contributed by atoms with Crippen molar-refractivity contribution < 1.29 is 19.7 Å². The van der Waals surface area contributed by atoms with Gasteiger partial charge >= 0.3 is 0 Å². The molecule has 0 rings (SSSR count). The molecule has 0 aliphatic carbocycles. The molecule has 0 saturated heterocycles. The predicted molar refractivity (Wildman–Crippen MR) is 51.8 cm³/mol. The van der Waals surface area contributed by atoms with E-state index in [2.05, 4.69) is 5.32 Å². The molecule has 0 bridgehead atoms. The molecular weight excluding hydrogens is 186 g/mol. The number of nitrogens with one attached hydrogen (secondary N) is 1. The third-order valence-electron chi connectivity index (χ3n) is 1.63. The van der Waals surface area contributed by atoms with Gasteiger partial charge < -0.3 is 20.3 Å². The van der Waals surface area contributed by atoms with E-state index in [0.29, 0.717) is 13.2 Å². The zero-order chi connectivity index (χ0) is 10.8. The van der Waals surface area contributed by atoms with E-state index in [1.807, 2.05) is 6.92 Å². The first kappa shape index (κ1) is 13.4. The van der Waals surface area contributed by atoms with Crippen molar-refractivity contribution in [1.82, 2.24) is 5.32 Å². The van der Waals surface area contributed by atoms with Crippen LogP contribution in [0, 0.1) is 0 Å². The van der Waals surface area contributed by atoms with Crippen LogP contribution in [0.2, 0.25) is 0 Å². The Morgan fingerprint density at radius 1 is 1.36 bits per heavy atom. The maximum atomic E-state index is 11.1. The average Bonchev–Trinajstić information content (AvgIpc) is 2.21. The van der Waals surface area contributed by atoms with Crippen molar-refractivity contribution in [3.8, 4) is 0 Å². The Balaban J connectivity index is 3.44. The van der Waals surface area contributed by atoms with Crippen LogP contribution in [0.1, 0.15) is 19.8 Å². The first-order valence-corrected chi connectivity index (χ1v) is 4.83. The van der Waals surface area contributed by atoms with E-state index in [9.17, 15) is 4.79 Å². The van der Waals surface area contributed by atoms with Gasteiger partial charge in [0.2, 0.25) is 5.91 Å². The van der Waals surface area contributed by atoms with E-state index in [1.165, 1.54) is 0 Å². The zero-order valence-corrected chi connectivity index (χ0v) is 8.53. The predicted octanol–water partition coefficient (Wildman–Crippen LogP) is -0.727. The van der Waals surface area contributed by atoms with Gasteiger partial charge in [-0.25, -0.2) is 0 Å². The molecule has 0 aromatic carbocycles. The summed E-state index contributed by atoms with van der Waals surface area (Å²) in [6.07, 6.45) is 1.19. The fraction of sp³-hybridized carbons (Fsp3) is 0.889. The number of rotatable bonds is 8. The van der Waals surface area contributed by atoms with Crippen LogP contribution in [-0.4, -0.2) is 48.6 Å². The lowest BCUT2D eigenvalue weighted by molar-refractivity contribution is -0.123. The first-order valence-electron chi connectivity index (χ1n) is 4.83. The van der Waals surface area contributed by atoms with Gasteiger partial charge in [0.1, 0.15) is 0 Å². The van der Waals surface area contributed by atoms with E-state index in [1.54, 1.807) is 0 Å². The summed E-state index contributed by atoms with van der Waals surface area (Å²) in [5.74, 6) is -0.214. The molecule has 3 N–H and O–H groups in total. The van der Waals surface area contributed by atoms with Gasteiger partial charge in [-0.3, -0.25) is 4.79 Å². The topological polar surface area (TPSA) is 78.8 Å². The molecule has 0 aromatic rings. The first-order chi connectivity index (χ1) is 6.74. The minimum absolute atomic E-state index is 0.214. The van der Waals surface area contributed by atoms with Gasteiger partial charge in [-0.1, -0.05) is 6.92 Å². The number of aliphatic hydroxyl groups is 2. The standard InChI is InChI=1S/C9H19NO4/c1-2-4-14-5-3-9(13)10-8(6-11)7-12/h8,11-12H,2-7H2,1H3,(H,10,13). The fourth-order valence-electron chi connectivity index (χ4n) is 0.860. The molecule has 0 spiro atoms. The van der Waals surface area contributed by atoms with Gasteiger partial charge in [0.05, 0.1) is 25.9 Å². The largest absolute Gasteiger partial charge is 0.394 e. The average molecular weight is 205 g/mol. The van der Waals surface area contributed by atoms with Gasteiger partial charge in [0, 0.05) is 13.0 Å². The number of ether oxygens (including phenoxy) is 1. The lowest BCUT2D eigenvalue weighted by Gasteiger charge is -2.12. The van der Waals surface area contributed by atoms with E-state index in [0.717, 1.165) is 6.42 Å². The van der Waals surface area contributed by atoms with Crippen molar-refractivity contribution in [3.05, 3.63) is 0 Å². The van der Waals surface area contributed by atoms with Crippen molar-refractivity contribution in [2.45, 2.75) is 25.8 Å². The summed E-state index contributed by atoms with van der Waals surface area (Å²) in [5.41, 5.74) is 0. The Bertz CT molecular complexity index is 148. The van der Waals surface area contributed by atoms with Crippen LogP contribution in [0.3, 0.4) is 0 Å². The van der Waals surface area contributed by atoms with Gasteiger partial charge in [0.15, 0.2) is 0 Å². The van der Waals surface area contributed by atoms with Crippen LogP contribution in [-0.2, 0) is 9.53 Å². The highest BCUT2D eigenvalue weighted by Gasteiger charge is 2.09. The highest BCUT2D eigenvalue weighted by molar-refractivity contribution is 5.76. The lowest BCUT2D eigenvalue weighted by Crippen LogP contribution is -2.40. The van der Waals surface area contributed by atoms with Crippen molar-refractivity contribution in [3.63, 3.8) is 0 Å². The molecule has 5 heteroatoms. The summed E-state index contributed by atoms with van der Waals surface area (Å²) in [7, 11) is 0. The monoisotopic (exact) mass is 205 g/mol. The molecule has 0 aromatic heterocycles. The Morgan fingerprint density at radius 2 is 2.00 bits per heavy atom. The quantitative estimate of drug-likeness (QED) is 0.457. The van der Waals surface area contributed by atoms with E-state index in [4.69, 9.17) is 14.9 Å². The lowest BCUT2D eigenvalue weighted by atomic mass is 10.3. The Kier molecular flexibility index (Phi) is 8.51. The Labute approximate surface area is 84.1 Å². The summed E-state index contributed by atoms with van der Waals surface area (Å²) in [5, 5.41) is 19.8. The molecule has 1 amide bonds. The summed E-state index contributed by atoms with van der Waals surface area (Å²) < 4.78 is 5.12. The third kappa shape index (κ3) is 6.82. The summed E-state index contributed by atoms with van der Waals surface area (Å²) in [6.45, 7) is 2.52. The van der Waals surface area contributed by atoms with E-state index < -0.39 is 6.04 Å². The molecule has 0 aliphatic heterocycles. The van der Waals surface area contributed by atoms with Crippen LogP contribution >= 0.6 is 0 Å². The van der Waals surface area contributed by atoms with Gasteiger partial charge in [0.25, 0.3) is 0 Å². The minimum atomic E-state index is -0.561. The third-order valence-corrected chi connectivity index (χ3v) is 1.63. The second-order valence-electron chi connectivity index (χ2n) is 2.99. The van der Waals surface area contributed by atoms with E-state index >= 15 is 0 Å².